The number of ether oxygens (including phenoxy) is 2. The zero-order valence-corrected chi connectivity index (χ0v) is 17.0. The number of rotatable bonds is 6. The second kappa shape index (κ2) is 9.18. The predicted octanol–water partition coefficient (Wildman–Crippen LogP) is 3.31. The molecule has 2 fully saturated rings. The smallest absolute Gasteiger partial charge is 0.228 e. The Morgan fingerprint density at radius 2 is 1.72 bits per heavy atom. The minimum absolute atomic E-state index is 0.00487. The molecule has 29 heavy (non-hydrogen) atoms. The number of benzene rings is 2. The summed E-state index contributed by atoms with van der Waals surface area (Å²) < 4.78 is 10.7. The molecule has 2 aromatic rings. The molecule has 6 heteroatoms. The van der Waals surface area contributed by atoms with Gasteiger partial charge in [0.25, 0.3) is 0 Å². The Labute approximate surface area is 172 Å². The van der Waals surface area contributed by atoms with E-state index in [4.69, 9.17) is 9.47 Å². The van der Waals surface area contributed by atoms with Crippen molar-refractivity contribution in [3.8, 4) is 5.75 Å². The predicted molar refractivity (Wildman–Crippen MR) is 116 cm³/mol. The van der Waals surface area contributed by atoms with Crippen LogP contribution in [0.25, 0.3) is 0 Å². The van der Waals surface area contributed by atoms with Gasteiger partial charge in [-0.05, 0) is 48.7 Å². The maximum absolute atomic E-state index is 12.8. The number of carbonyl (C=O) groups is 1. The van der Waals surface area contributed by atoms with Crippen LogP contribution in [0.5, 0.6) is 5.75 Å². The molecule has 6 nitrogen and oxygen atoms in total. The van der Waals surface area contributed by atoms with Crippen LogP contribution in [0.2, 0.25) is 0 Å². The van der Waals surface area contributed by atoms with Crippen molar-refractivity contribution in [2.45, 2.75) is 19.3 Å². The van der Waals surface area contributed by atoms with Gasteiger partial charge in [0.15, 0.2) is 0 Å². The summed E-state index contributed by atoms with van der Waals surface area (Å²) in [5.41, 5.74) is 4.11. The molecule has 2 aliphatic heterocycles. The Bertz CT molecular complexity index is 826. The number of amides is 1. The fourth-order valence-corrected chi connectivity index (χ4v) is 4.00. The normalized spacial score (nSPS) is 16.7. The molecule has 154 valence electrons. The number of nitrogens with one attached hydrogen (secondary N) is 1. The van der Waals surface area contributed by atoms with E-state index in [0.29, 0.717) is 6.42 Å². The molecule has 0 aromatic heterocycles. The zero-order valence-electron chi connectivity index (χ0n) is 17.0. The summed E-state index contributed by atoms with van der Waals surface area (Å²) in [5.74, 6) is 0.790. The highest BCUT2D eigenvalue weighted by molar-refractivity contribution is 5.96. The number of morpholine rings is 1. The largest absolute Gasteiger partial charge is 0.497 e. The number of hydrogen-bond acceptors (Lipinski definition) is 5. The Morgan fingerprint density at radius 3 is 2.41 bits per heavy atom. The third-order valence-electron chi connectivity index (χ3n) is 5.60. The summed E-state index contributed by atoms with van der Waals surface area (Å²) in [6.07, 6.45) is 2.74. The van der Waals surface area contributed by atoms with Crippen LogP contribution in [-0.4, -0.2) is 52.4 Å². The van der Waals surface area contributed by atoms with Crippen molar-refractivity contribution in [2.24, 2.45) is 0 Å². The average molecular weight is 396 g/mol. The molecule has 4 rings (SSSR count). The number of nitrogens with zero attached hydrogens (tertiary/aromatic N) is 2. The fraction of sp³-hybridized carbons (Fsp3) is 0.435. The van der Waals surface area contributed by atoms with E-state index >= 15 is 0 Å². The minimum Gasteiger partial charge on any atom is -0.497 e. The van der Waals surface area contributed by atoms with Gasteiger partial charge in [0.2, 0.25) is 5.91 Å². The van der Waals surface area contributed by atoms with E-state index in [1.54, 1.807) is 7.11 Å². The monoisotopic (exact) mass is 395 g/mol. The van der Waals surface area contributed by atoms with E-state index < -0.39 is 0 Å². The fourth-order valence-electron chi connectivity index (χ4n) is 4.00. The molecule has 0 atom stereocenters. The molecule has 2 aliphatic rings. The van der Waals surface area contributed by atoms with Gasteiger partial charge in [0.05, 0.1) is 38.1 Å². The highest BCUT2D eigenvalue weighted by Gasteiger charge is 2.19. The van der Waals surface area contributed by atoms with Crippen LogP contribution in [0.4, 0.5) is 17.1 Å². The van der Waals surface area contributed by atoms with Crippen LogP contribution in [0.15, 0.2) is 42.5 Å². The van der Waals surface area contributed by atoms with Crippen LogP contribution in [0.3, 0.4) is 0 Å². The van der Waals surface area contributed by atoms with E-state index in [1.807, 2.05) is 24.3 Å². The molecule has 2 aromatic carbocycles. The molecule has 0 saturated carbocycles. The molecule has 0 spiro atoms. The maximum Gasteiger partial charge on any atom is 0.228 e. The summed E-state index contributed by atoms with van der Waals surface area (Å²) in [6.45, 7) is 5.32. The first kappa shape index (κ1) is 19.6. The third-order valence-corrected chi connectivity index (χ3v) is 5.60. The molecular formula is C23H29N3O3. The number of hydrogen-bond donors (Lipinski definition) is 1. The second-order valence-electron chi connectivity index (χ2n) is 7.57. The third kappa shape index (κ3) is 4.82. The summed E-state index contributed by atoms with van der Waals surface area (Å²) in [5, 5.41) is 3.17. The zero-order chi connectivity index (χ0) is 20.1. The highest BCUT2D eigenvalue weighted by Crippen LogP contribution is 2.33. The van der Waals surface area contributed by atoms with Crippen LogP contribution in [0, 0.1) is 0 Å². The van der Waals surface area contributed by atoms with Gasteiger partial charge in [0, 0.05) is 31.9 Å². The lowest BCUT2D eigenvalue weighted by Crippen LogP contribution is -2.36. The second-order valence-corrected chi connectivity index (χ2v) is 7.57. The highest BCUT2D eigenvalue weighted by atomic mass is 16.5. The first-order chi connectivity index (χ1) is 14.2. The Kier molecular flexibility index (Phi) is 6.20. The SMILES string of the molecule is COc1ccc(CC(=O)Nc2cc(N3CCOCC3)ccc2N2CCCC2)cc1. The van der Waals surface area contributed by atoms with Gasteiger partial charge in [0.1, 0.15) is 5.75 Å². The topological polar surface area (TPSA) is 54.0 Å². The van der Waals surface area contributed by atoms with E-state index in [1.165, 1.54) is 12.8 Å². The van der Waals surface area contributed by atoms with E-state index in [2.05, 4.69) is 33.3 Å². The molecule has 0 unspecified atom stereocenters. The molecule has 2 saturated heterocycles. The van der Waals surface area contributed by atoms with Gasteiger partial charge in [-0.1, -0.05) is 12.1 Å². The Balaban J connectivity index is 1.52. The number of methoxy groups -OCH3 is 1. The van der Waals surface area contributed by atoms with Crippen molar-refractivity contribution >= 4 is 23.0 Å². The molecule has 2 heterocycles. The van der Waals surface area contributed by atoms with E-state index in [9.17, 15) is 4.79 Å². The van der Waals surface area contributed by atoms with E-state index in [-0.39, 0.29) is 5.91 Å². The van der Waals surface area contributed by atoms with Crippen molar-refractivity contribution in [3.63, 3.8) is 0 Å². The van der Waals surface area contributed by atoms with Gasteiger partial charge in [-0.3, -0.25) is 4.79 Å². The molecule has 0 aliphatic carbocycles. The summed E-state index contributed by atoms with van der Waals surface area (Å²) in [4.78, 5) is 17.5. The van der Waals surface area contributed by atoms with Crippen molar-refractivity contribution in [2.75, 3.05) is 61.6 Å². The molecule has 1 N–H and O–H groups in total. The Morgan fingerprint density at radius 1 is 1.00 bits per heavy atom. The standard InChI is InChI=1S/C23H29N3O3/c1-28-20-7-4-18(5-8-20)16-23(27)24-21-17-19(25-12-14-29-15-13-25)6-9-22(21)26-10-2-3-11-26/h4-9,17H,2-3,10-16H2,1H3,(H,24,27). The number of carbonyl (C=O) groups excluding carboxylic acids is 1. The molecule has 1 amide bonds. The van der Waals surface area contributed by atoms with Gasteiger partial charge in [-0.15, -0.1) is 0 Å². The van der Waals surface area contributed by atoms with E-state index in [0.717, 1.165) is 67.8 Å². The lowest BCUT2D eigenvalue weighted by atomic mass is 10.1. The number of anilines is 3. The first-order valence-corrected chi connectivity index (χ1v) is 10.4. The summed E-state index contributed by atoms with van der Waals surface area (Å²) in [6, 6.07) is 14.1. The van der Waals surface area contributed by atoms with Crippen molar-refractivity contribution in [1.29, 1.82) is 0 Å². The van der Waals surface area contributed by atoms with Crippen LogP contribution in [-0.2, 0) is 16.0 Å². The van der Waals surface area contributed by atoms with Crippen molar-refractivity contribution < 1.29 is 14.3 Å². The van der Waals surface area contributed by atoms with Crippen molar-refractivity contribution in [3.05, 3.63) is 48.0 Å². The lowest BCUT2D eigenvalue weighted by molar-refractivity contribution is -0.115. The van der Waals surface area contributed by atoms with Gasteiger partial charge in [-0.25, -0.2) is 0 Å². The first-order valence-electron chi connectivity index (χ1n) is 10.4. The van der Waals surface area contributed by atoms with Gasteiger partial charge >= 0.3 is 0 Å². The van der Waals surface area contributed by atoms with Gasteiger partial charge in [-0.2, -0.15) is 0 Å². The quantitative estimate of drug-likeness (QED) is 0.813. The van der Waals surface area contributed by atoms with Crippen LogP contribution < -0.4 is 19.9 Å². The minimum atomic E-state index is -0.00487. The Hall–Kier alpha value is -2.73. The summed E-state index contributed by atoms with van der Waals surface area (Å²) in [7, 11) is 1.64. The van der Waals surface area contributed by atoms with Gasteiger partial charge < -0.3 is 24.6 Å². The molecule has 0 radical (unpaired) electrons. The van der Waals surface area contributed by atoms with Crippen LogP contribution >= 0.6 is 0 Å². The van der Waals surface area contributed by atoms with Crippen molar-refractivity contribution in [1.82, 2.24) is 0 Å². The summed E-state index contributed by atoms with van der Waals surface area (Å²) >= 11 is 0. The van der Waals surface area contributed by atoms with Crippen LogP contribution in [0.1, 0.15) is 18.4 Å². The maximum atomic E-state index is 12.8. The molecule has 0 bridgehead atoms. The average Bonchev–Trinajstić information content (AvgIpc) is 3.29. The molecular weight excluding hydrogens is 366 g/mol. The lowest BCUT2D eigenvalue weighted by Gasteiger charge is -2.30.